The predicted octanol–water partition coefficient (Wildman–Crippen LogP) is 4.48. The van der Waals surface area contributed by atoms with E-state index in [9.17, 15) is 18.0 Å². The highest BCUT2D eigenvalue weighted by Gasteiger charge is 2.32. The van der Waals surface area contributed by atoms with E-state index in [-0.39, 0.29) is 24.0 Å². The molecule has 1 unspecified atom stereocenters. The number of benzene rings is 4. The number of morpholine rings is 1. The lowest BCUT2D eigenvalue weighted by atomic mass is 10.0. The van der Waals surface area contributed by atoms with Gasteiger partial charge in [-0.05, 0) is 47.9 Å². The van der Waals surface area contributed by atoms with Gasteiger partial charge in [-0.3, -0.25) is 9.59 Å². The second kappa shape index (κ2) is 15.0. The Morgan fingerprint density at radius 1 is 0.844 bits per heavy atom. The molecule has 1 aliphatic rings. The quantitative estimate of drug-likeness (QED) is 0.248. The summed E-state index contributed by atoms with van der Waals surface area (Å²) < 4.78 is 38.5. The lowest BCUT2D eigenvalue weighted by molar-refractivity contribution is -0.143. The lowest BCUT2D eigenvalue weighted by Crippen LogP contribution is -2.45. The van der Waals surface area contributed by atoms with Crippen LogP contribution in [-0.2, 0) is 37.4 Å². The molecule has 1 atom stereocenters. The van der Waals surface area contributed by atoms with Crippen molar-refractivity contribution in [2.45, 2.75) is 31.0 Å². The van der Waals surface area contributed by atoms with Crippen molar-refractivity contribution in [2.75, 3.05) is 32.9 Å². The van der Waals surface area contributed by atoms with Gasteiger partial charge in [-0.1, -0.05) is 90.5 Å². The van der Waals surface area contributed by atoms with Crippen LogP contribution in [0.1, 0.15) is 28.3 Å². The average Bonchev–Trinajstić information content (AvgIpc) is 3.08. The zero-order valence-corrected chi connectivity index (χ0v) is 26.0. The number of ether oxygens (including phenoxy) is 2. The SMILES string of the molecule is Cc1ccc(CNC(=O)C(c2ccccc2)N(Cc2ccccc2)C(=O)COc2ccc(S(=O)(=O)N3CCOCC3)cc2)cc1. The van der Waals surface area contributed by atoms with Crippen LogP contribution < -0.4 is 10.1 Å². The van der Waals surface area contributed by atoms with Gasteiger partial charge in [-0.2, -0.15) is 4.31 Å². The molecule has 1 N–H and O–H groups in total. The van der Waals surface area contributed by atoms with Crippen LogP contribution in [0.5, 0.6) is 5.75 Å². The van der Waals surface area contributed by atoms with Crippen molar-refractivity contribution < 1.29 is 27.5 Å². The smallest absolute Gasteiger partial charge is 0.261 e. The normalized spacial score (nSPS) is 14.3. The fraction of sp³-hybridized carbons (Fsp3) is 0.257. The molecule has 45 heavy (non-hydrogen) atoms. The molecule has 4 aromatic rings. The topological polar surface area (TPSA) is 105 Å². The zero-order valence-electron chi connectivity index (χ0n) is 25.2. The summed E-state index contributed by atoms with van der Waals surface area (Å²) in [5.74, 6) is -0.379. The molecular weight excluding hydrogens is 590 g/mol. The lowest BCUT2D eigenvalue weighted by Gasteiger charge is -2.31. The van der Waals surface area contributed by atoms with Crippen molar-refractivity contribution in [2.24, 2.45) is 0 Å². The van der Waals surface area contributed by atoms with E-state index in [0.29, 0.717) is 44.2 Å². The summed E-state index contributed by atoms with van der Waals surface area (Å²) in [6, 6.07) is 31.7. The van der Waals surface area contributed by atoms with E-state index in [4.69, 9.17) is 9.47 Å². The Labute approximate surface area is 264 Å². The summed E-state index contributed by atoms with van der Waals surface area (Å²) in [6.07, 6.45) is 0. The van der Waals surface area contributed by atoms with E-state index in [2.05, 4.69) is 5.32 Å². The minimum Gasteiger partial charge on any atom is -0.484 e. The van der Waals surface area contributed by atoms with Gasteiger partial charge in [-0.25, -0.2) is 8.42 Å². The number of carbonyl (C=O) groups is 2. The first-order valence-electron chi connectivity index (χ1n) is 14.8. The van der Waals surface area contributed by atoms with Crippen LogP contribution >= 0.6 is 0 Å². The summed E-state index contributed by atoms with van der Waals surface area (Å²) >= 11 is 0. The molecule has 0 spiro atoms. The molecule has 0 saturated carbocycles. The van der Waals surface area contributed by atoms with Gasteiger partial charge >= 0.3 is 0 Å². The monoisotopic (exact) mass is 627 g/mol. The number of hydrogen-bond acceptors (Lipinski definition) is 6. The van der Waals surface area contributed by atoms with Crippen molar-refractivity contribution in [1.29, 1.82) is 0 Å². The molecular formula is C35H37N3O6S. The average molecular weight is 628 g/mol. The van der Waals surface area contributed by atoms with Gasteiger partial charge in [-0.15, -0.1) is 0 Å². The number of sulfonamides is 1. The van der Waals surface area contributed by atoms with Gasteiger partial charge in [0.1, 0.15) is 11.8 Å². The highest BCUT2D eigenvalue weighted by molar-refractivity contribution is 7.89. The molecule has 4 aromatic carbocycles. The van der Waals surface area contributed by atoms with Crippen molar-refractivity contribution >= 4 is 21.8 Å². The first-order chi connectivity index (χ1) is 21.8. The van der Waals surface area contributed by atoms with Crippen molar-refractivity contribution in [3.63, 3.8) is 0 Å². The van der Waals surface area contributed by atoms with Crippen molar-refractivity contribution in [3.05, 3.63) is 131 Å². The third-order valence-electron chi connectivity index (χ3n) is 7.57. The summed E-state index contributed by atoms with van der Waals surface area (Å²) in [7, 11) is -3.66. The molecule has 0 radical (unpaired) electrons. The molecule has 2 amide bonds. The third kappa shape index (κ3) is 8.36. The number of aryl methyl sites for hydroxylation is 1. The molecule has 1 fully saturated rings. The highest BCUT2D eigenvalue weighted by atomic mass is 32.2. The van der Waals surface area contributed by atoms with Crippen LogP contribution in [-0.4, -0.2) is 62.3 Å². The Hall–Kier alpha value is -4.51. The first-order valence-corrected chi connectivity index (χ1v) is 16.3. The van der Waals surface area contributed by atoms with Gasteiger partial charge in [0.2, 0.25) is 15.9 Å². The standard InChI is InChI=1S/C35H37N3O6S/c1-27-12-14-28(15-13-27)24-36-35(40)34(30-10-6-3-7-11-30)38(25-29-8-4-2-5-9-29)33(39)26-44-31-16-18-32(19-17-31)45(41,42)37-20-22-43-23-21-37/h2-19,34H,20-26H2,1H3,(H,36,40). The maximum atomic E-state index is 13.9. The molecule has 9 nitrogen and oxygen atoms in total. The van der Waals surface area contributed by atoms with E-state index in [1.165, 1.54) is 33.5 Å². The fourth-order valence-corrected chi connectivity index (χ4v) is 6.48. The molecule has 1 saturated heterocycles. The van der Waals surface area contributed by atoms with E-state index in [0.717, 1.165) is 16.7 Å². The number of nitrogens with zero attached hydrogens (tertiary/aromatic N) is 2. The number of hydrogen-bond donors (Lipinski definition) is 1. The van der Waals surface area contributed by atoms with Gasteiger partial charge in [0, 0.05) is 26.2 Å². The minimum absolute atomic E-state index is 0.142. The van der Waals surface area contributed by atoms with Crippen molar-refractivity contribution in [3.8, 4) is 5.75 Å². The van der Waals surface area contributed by atoms with E-state index < -0.39 is 22.0 Å². The van der Waals surface area contributed by atoms with E-state index in [1.807, 2.05) is 91.9 Å². The van der Waals surface area contributed by atoms with Gasteiger partial charge < -0.3 is 19.7 Å². The zero-order chi connectivity index (χ0) is 31.6. The number of nitrogens with one attached hydrogen (secondary N) is 1. The van der Waals surface area contributed by atoms with E-state index in [1.54, 1.807) is 0 Å². The van der Waals surface area contributed by atoms with Crippen LogP contribution in [0.3, 0.4) is 0 Å². The Morgan fingerprint density at radius 3 is 2.11 bits per heavy atom. The van der Waals surface area contributed by atoms with Crippen LogP contribution in [0.15, 0.2) is 114 Å². The van der Waals surface area contributed by atoms with E-state index >= 15 is 0 Å². The van der Waals surface area contributed by atoms with Crippen LogP contribution in [0, 0.1) is 6.92 Å². The predicted molar refractivity (Wildman–Crippen MR) is 171 cm³/mol. The highest BCUT2D eigenvalue weighted by Crippen LogP contribution is 2.25. The maximum Gasteiger partial charge on any atom is 0.261 e. The Balaban J connectivity index is 1.35. The Bertz CT molecular complexity index is 1660. The molecule has 1 aliphatic heterocycles. The summed E-state index contributed by atoms with van der Waals surface area (Å²) in [4.78, 5) is 29.4. The Kier molecular flexibility index (Phi) is 10.6. The maximum absolute atomic E-state index is 13.9. The first kappa shape index (κ1) is 31.9. The van der Waals surface area contributed by atoms with Gasteiger partial charge in [0.15, 0.2) is 6.61 Å². The van der Waals surface area contributed by atoms with Gasteiger partial charge in [0.25, 0.3) is 5.91 Å². The van der Waals surface area contributed by atoms with Crippen LogP contribution in [0.25, 0.3) is 0 Å². The second-order valence-electron chi connectivity index (χ2n) is 10.8. The molecule has 234 valence electrons. The molecule has 10 heteroatoms. The molecule has 0 aliphatic carbocycles. The van der Waals surface area contributed by atoms with Crippen molar-refractivity contribution in [1.82, 2.24) is 14.5 Å². The Morgan fingerprint density at radius 2 is 1.47 bits per heavy atom. The molecule has 0 aromatic heterocycles. The van der Waals surface area contributed by atoms with Crippen LogP contribution in [0.2, 0.25) is 0 Å². The number of rotatable bonds is 12. The fourth-order valence-electron chi connectivity index (χ4n) is 5.08. The van der Waals surface area contributed by atoms with Crippen LogP contribution in [0.4, 0.5) is 0 Å². The summed E-state index contributed by atoms with van der Waals surface area (Å²) in [5.41, 5.74) is 3.60. The minimum atomic E-state index is -3.66. The number of amides is 2. The molecule has 1 heterocycles. The molecule has 5 rings (SSSR count). The largest absolute Gasteiger partial charge is 0.484 e. The third-order valence-corrected chi connectivity index (χ3v) is 9.49. The second-order valence-corrected chi connectivity index (χ2v) is 12.7. The van der Waals surface area contributed by atoms with Gasteiger partial charge in [0.05, 0.1) is 18.1 Å². The summed E-state index contributed by atoms with van der Waals surface area (Å²) in [5, 5.41) is 3.02. The summed E-state index contributed by atoms with van der Waals surface area (Å²) in [6.45, 7) is 3.46. The number of carbonyl (C=O) groups excluding carboxylic acids is 2. The molecule has 0 bridgehead atoms.